The lowest BCUT2D eigenvalue weighted by Crippen LogP contribution is -2.14. The smallest absolute Gasteiger partial charge is 0.260 e. The van der Waals surface area contributed by atoms with Crippen LogP contribution in [-0.4, -0.2) is 21.7 Å². The molecule has 6 heteroatoms. The van der Waals surface area contributed by atoms with E-state index in [0.717, 1.165) is 16.7 Å². The van der Waals surface area contributed by atoms with E-state index in [1.165, 1.54) is 9.90 Å². The van der Waals surface area contributed by atoms with Gasteiger partial charge in [-0.1, -0.05) is 72.8 Å². The number of aliphatic hydroxyl groups excluding tert-OH is 1. The second kappa shape index (κ2) is 11.8. The fourth-order valence-electron chi connectivity index (χ4n) is 3.51. The van der Waals surface area contributed by atoms with Gasteiger partial charge in [-0.25, -0.2) is 4.98 Å². The van der Waals surface area contributed by atoms with Gasteiger partial charge in [-0.2, -0.15) is 4.98 Å². The quantitative estimate of drug-likeness (QED) is 0.261. The van der Waals surface area contributed by atoms with Gasteiger partial charge < -0.3 is 14.6 Å². The summed E-state index contributed by atoms with van der Waals surface area (Å²) in [5.41, 5.74) is 3.82. The number of aliphatic hydroxyl groups is 1. The van der Waals surface area contributed by atoms with Crippen molar-refractivity contribution >= 4 is 22.6 Å². The van der Waals surface area contributed by atoms with Gasteiger partial charge >= 0.3 is 0 Å². The summed E-state index contributed by atoms with van der Waals surface area (Å²) in [6.45, 7) is 0.646. The largest absolute Gasteiger partial charge is 0.482 e. The molecule has 1 N–H and O–H groups in total. The number of hydrogen-bond donors (Lipinski definition) is 1. The van der Waals surface area contributed by atoms with Gasteiger partial charge in [0.15, 0.2) is 0 Å². The zero-order chi connectivity index (χ0) is 22.9. The van der Waals surface area contributed by atoms with Gasteiger partial charge in [0.1, 0.15) is 19.5 Å². The third kappa shape index (κ3) is 6.52. The average molecular weight is 552 g/mol. The number of aromatic nitrogens is 2. The highest BCUT2D eigenvalue weighted by atomic mass is 127. The molecule has 0 spiro atoms. The normalized spacial score (nSPS) is 11.7. The third-order valence-corrected chi connectivity index (χ3v) is 5.96. The Hall–Kier alpha value is -2.97. The number of hydrogen-bond acceptors (Lipinski definition) is 5. The molecule has 0 bridgehead atoms. The van der Waals surface area contributed by atoms with Crippen molar-refractivity contribution in [1.82, 2.24) is 9.97 Å². The van der Waals surface area contributed by atoms with Crippen molar-refractivity contribution in [3.8, 4) is 11.6 Å². The van der Waals surface area contributed by atoms with Crippen molar-refractivity contribution in [2.75, 3.05) is 6.61 Å². The predicted octanol–water partition coefficient (Wildman–Crippen LogP) is 5.56. The SMILES string of the molecule is OCC(Cc1ccc(I)cc1)c1ncnc(OCc2ccccc2)c1OCc1ccccc1. The Bertz CT molecular complexity index is 1140. The van der Waals surface area contributed by atoms with Crippen LogP contribution in [0.4, 0.5) is 0 Å². The molecule has 1 unspecified atom stereocenters. The summed E-state index contributed by atoms with van der Waals surface area (Å²) in [5, 5.41) is 10.2. The van der Waals surface area contributed by atoms with Crippen LogP contribution in [0.3, 0.4) is 0 Å². The van der Waals surface area contributed by atoms with Crippen LogP contribution in [0.2, 0.25) is 0 Å². The molecule has 4 rings (SSSR count). The van der Waals surface area contributed by atoms with Gasteiger partial charge in [-0.3, -0.25) is 0 Å². The van der Waals surface area contributed by atoms with Gasteiger partial charge in [-0.05, 0) is 57.8 Å². The fraction of sp³-hybridized carbons (Fsp3) is 0.185. The second-order valence-corrected chi connectivity index (χ2v) is 8.90. The van der Waals surface area contributed by atoms with E-state index in [1.54, 1.807) is 0 Å². The summed E-state index contributed by atoms with van der Waals surface area (Å²) in [6, 6.07) is 28.1. The highest BCUT2D eigenvalue weighted by Crippen LogP contribution is 2.35. The van der Waals surface area contributed by atoms with Gasteiger partial charge in [-0.15, -0.1) is 0 Å². The van der Waals surface area contributed by atoms with Crippen molar-refractivity contribution in [3.05, 3.63) is 117 Å². The molecule has 5 nitrogen and oxygen atoms in total. The Balaban J connectivity index is 1.62. The first-order valence-electron chi connectivity index (χ1n) is 10.8. The Morgan fingerprint density at radius 3 is 1.94 bits per heavy atom. The van der Waals surface area contributed by atoms with Crippen molar-refractivity contribution < 1.29 is 14.6 Å². The maximum Gasteiger partial charge on any atom is 0.260 e. The van der Waals surface area contributed by atoms with Crippen LogP contribution in [0.5, 0.6) is 11.6 Å². The van der Waals surface area contributed by atoms with E-state index in [2.05, 4.69) is 56.8 Å². The summed E-state index contributed by atoms with van der Waals surface area (Å²) in [7, 11) is 0. The first-order chi connectivity index (χ1) is 16.2. The molecule has 0 saturated heterocycles. The molecule has 0 amide bonds. The predicted molar refractivity (Wildman–Crippen MR) is 136 cm³/mol. The monoisotopic (exact) mass is 552 g/mol. The molecule has 1 aromatic heterocycles. The average Bonchev–Trinajstić information content (AvgIpc) is 2.87. The summed E-state index contributed by atoms with van der Waals surface area (Å²) in [4.78, 5) is 8.87. The molecule has 0 fully saturated rings. The summed E-state index contributed by atoms with van der Waals surface area (Å²) < 4.78 is 13.4. The summed E-state index contributed by atoms with van der Waals surface area (Å²) >= 11 is 2.28. The van der Waals surface area contributed by atoms with Gasteiger partial charge in [0.2, 0.25) is 5.75 Å². The van der Waals surface area contributed by atoms with Gasteiger partial charge in [0.05, 0.1) is 12.3 Å². The fourth-order valence-corrected chi connectivity index (χ4v) is 3.87. The van der Waals surface area contributed by atoms with E-state index in [9.17, 15) is 5.11 Å². The van der Waals surface area contributed by atoms with E-state index in [0.29, 0.717) is 37.0 Å². The molecule has 0 saturated carbocycles. The minimum absolute atomic E-state index is 0.0666. The molecular formula is C27H25IN2O3. The summed E-state index contributed by atoms with van der Waals surface area (Å²) in [6.07, 6.45) is 2.10. The Labute approximate surface area is 207 Å². The number of ether oxygens (including phenoxy) is 2. The Kier molecular flexibility index (Phi) is 8.27. The first-order valence-corrected chi connectivity index (χ1v) is 11.8. The highest BCUT2D eigenvalue weighted by molar-refractivity contribution is 14.1. The van der Waals surface area contributed by atoms with Crippen LogP contribution in [0.15, 0.2) is 91.3 Å². The highest BCUT2D eigenvalue weighted by Gasteiger charge is 2.23. The van der Waals surface area contributed by atoms with Crippen molar-refractivity contribution in [1.29, 1.82) is 0 Å². The van der Waals surface area contributed by atoms with Crippen LogP contribution in [0.25, 0.3) is 0 Å². The summed E-state index contributed by atoms with van der Waals surface area (Å²) in [5.74, 6) is 0.598. The first kappa shape index (κ1) is 23.2. The maximum absolute atomic E-state index is 10.2. The minimum Gasteiger partial charge on any atom is -0.482 e. The van der Waals surface area contributed by atoms with E-state index < -0.39 is 0 Å². The topological polar surface area (TPSA) is 64.5 Å². The lowest BCUT2D eigenvalue weighted by atomic mass is 9.96. The van der Waals surface area contributed by atoms with Crippen LogP contribution in [0, 0.1) is 3.57 Å². The van der Waals surface area contributed by atoms with Gasteiger partial charge in [0.25, 0.3) is 5.88 Å². The standard InChI is InChI=1S/C27H25IN2O3/c28-24-13-11-20(12-14-24)15-23(16-31)25-26(32-17-21-7-3-1-4-8-21)27(30-19-29-25)33-18-22-9-5-2-6-10-22/h1-14,19,23,31H,15-18H2. The molecule has 0 aliphatic heterocycles. The lowest BCUT2D eigenvalue weighted by Gasteiger charge is -2.20. The molecular weight excluding hydrogens is 527 g/mol. The van der Waals surface area contributed by atoms with Crippen molar-refractivity contribution in [2.45, 2.75) is 25.6 Å². The number of rotatable bonds is 10. The van der Waals surface area contributed by atoms with Gasteiger partial charge in [0, 0.05) is 9.49 Å². The maximum atomic E-state index is 10.2. The number of nitrogens with zero attached hydrogens (tertiary/aromatic N) is 2. The molecule has 1 heterocycles. The van der Waals surface area contributed by atoms with Crippen molar-refractivity contribution in [2.24, 2.45) is 0 Å². The van der Waals surface area contributed by atoms with E-state index in [-0.39, 0.29) is 12.5 Å². The molecule has 0 aliphatic rings. The molecule has 1 atom stereocenters. The molecule has 0 aliphatic carbocycles. The van der Waals surface area contributed by atoms with Crippen LogP contribution in [0.1, 0.15) is 28.3 Å². The van der Waals surface area contributed by atoms with Crippen LogP contribution in [-0.2, 0) is 19.6 Å². The zero-order valence-corrected chi connectivity index (χ0v) is 20.3. The van der Waals surface area contributed by atoms with E-state index in [1.807, 2.05) is 60.7 Å². The Morgan fingerprint density at radius 1 is 0.727 bits per heavy atom. The van der Waals surface area contributed by atoms with E-state index in [4.69, 9.17) is 9.47 Å². The second-order valence-electron chi connectivity index (χ2n) is 7.65. The number of halogens is 1. The minimum atomic E-state index is -0.252. The lowest BCUT2D eigenvalue weighted by molar-refractivity contribution is 0.229. The van der Waals surface area contributed by atoms with Crippen molar-refractivity contribution in [3.63, 3.8) is 0 Å². The number of benzene rings is 3. The molecule has 3 aromatic carbocycles. The molecule has 0 radical (unpaired) electrons. The molecule has 168 valence electrons. The third-order valence-electron chi connectivity index (χ3n) is 5.25. The Morgan fingerprint density at radius 2 is 1.33 bits per heavy atom. The molecule has 4 aromatic rings. The van der Waals surface area contributed by atoms with E-state index >= 15 is 0 Å². The van der Waals surface area contributed by atoms with Crippen LogP contribution < -0.4 is 9.47 Å². The van der Waals surface area contributed by atoms with Crippen LogP contribution >= 0.6 is 22.6 Å². The zero-order valence-electron chi connectivity index (χ0n) is 18.1. The molecule has 33 heavy (non-hydrogen) atoms.